The number of nitrogens with one attached hydrogen (secondary N) is 1. The smallest absolute Gasteiger partial charge is 0.0991 e. The Morgan fingerprint density at radius 3 is 2.65 bits per heavy atom. The number of aliphatic hydroxyl groups excluding tert-OH is 1. The van der Waals surface area contributed by atoms with Crippen molar-refractivity contribution in [3.63, 3.8) is 0 Å². The van der Waals surface area contributed by atoms with E-state index >= 15 is 0 Å². The highest BCUT2D eigenvalue weighted by molar-refractivity contribution is 5.32. The lowest BCUT2D eigenvalue weighted by atomic mass is 9.89. The van der Waals surface area contributed by atoms with Gasteiger partial charge in [-0.3, -0.25) is 0 Å². The lowest BCUT2D eigenvalue weighted by molar-refractivity contribution is 0.170. The van der Waals surface area contributed by atoms with E-state index in [0.29, 0.717) is 12.1 Å². The van der Waals surface area contributed by atoms with Crippen LogP contribution in [0.15, 0.2) is 24.3 Å². The molecule has 0 aromatic heterocycles. The molecule has 3 nitrogen and oxygen atoms in total. The van der Waals surface area contributed by atoms with E-state index in [0.717, 1.165) is 29.9 Å². The van der Waals surface area contributed by atoms with Crippen molar-refractivity contribution < 1.29 is 5.11 Å². The van der Waals surface area contributed by atoms with Crippen molar-refractivity contribution in [2.24, 2.45) is 17.8 Å². The van der Waals surface area contributed by atoms with E-state index in [9.17, 15) is 5.11 Å². The predicted octanol–water partition coefficient (Wildman–Crippen LogP) is 2.62. The van der Waals surface area contributed by atoms with Crippen LogP contribution in [0.4, 0.5) is 0 Å². The molecule has 2 aliphatic carbocycles. The molecule has 2 fully saturated rings. The van der Waals surface area contributed by atoms with Gasteiger partial charge in [0.15, 0.2) is 0 Å². The molecule has 0 aliphatic heterocycles. The molecular formula is C17H22N2O. The van der Waals surface area contributed by atoms with Crippen molar-refractivity contribution in [1.82, 2.24) is 5.32 Å². The van der Waals surface area contributed by atoms with Crippen molar-refractivity contribution >= 4 is 0 Å². The molecule has 0 spiro atoms. The number of benzene rings is 1. The van der Waals surface area contributed by atoms with Gasteiger partial charge in [-0.05, 0) is 61.3 Å². The van der Waals surface area contributed by atoms with Crippen molar-refractivity contribution in [2.75, 3.05) is 13.1 Å². The predicted molar refractivity (Wildman–Crippen MR) is 77.9 cm³/mol. The Kier molecular flexibility index (Phi) is 4.05. The molecule has 0 radical (unpaired) electrons. The molecule has 4 unspecified atom stereocenters. The zero-order valence-electron chi connectivity index (χ0n) is 11.8. The second kappa shape index (κ2) is 5.95. The highest BCUT2D eigenvalue weighted by Gasteiger charge is 2.38. The summed E-state index contributed by atoms with van der Waals surface area (Å²) in [7, 11) is 0. The first-order chi connectivity index (χ1) is 9.76. The summed E-state index contributed by atoms with van der Waals surface area (Å²) in [4.78, 5) is 0. The first-order valence-electron chi connectivity index (χ1n) is 7.65. The SMILES string of the molecule is N#Cc1ccc(C(O)CNCC2CC3CCC2C3)cc1. The Morgan fingerprint density at radius 2 is 2.05 bits per heavy atom. The molecule has 1 aromatic carbocycles. The molecule has 0 saturated heterocycles. The van der Waals surface area contributed by atoms with Gasteiger partial charge in [0.25, 0.3) is 0 Å². The molecule has 0 amide bonds. The molecule has 1 aromatic rings. The number of aliphatic hydroxyl groups is 1. The number of hydrogen-bond acceptors (Lipinski definition) is 3. The highest BCUT2D eigenvalue weighted by atomic mass is 16.3. The number of rotatable bonds is 5. The molecule has 2 N–H and O–H groups in total. The summed E-state index contributed by atoms with van der Waals surface area (Å²) >= 11 is 0. The van der Waals surface area contributed by atoms with Crippen molar-refractivity contribution in [3.05, 3.63) is 35.4 Å². The molecule has 3 rings (SSSR count). The van der Waals surface area contributed by atoms with Gasteiger partial charge in [0, 0.05) is 6.54 Å². The molecule has 2 bridgehead atoms. The van der Waals surface area contributed by atoms with Crippen LogP contribution in [-0.2, 0) is 0 Å². The van der Waals surface area contributed by atoms with Crippen LogP contribution in [0.3, 0.4) is 0 Å². The van der Waals surface area contributed by atoms with E-state index in [1.807, 2.05) is 12.1 Å². The van der Waals surface area contributed by atoms with Crippen LogP contribution in [0.25, 0.3) is 0 Å². The van der Waals surface area contributed by atoms with Crippen LogP contribution in [-0.4, -0.2) is 18.2 Å². The summed E-state index contributed by atoms with van der Waals surface area (Å²) in [5.41, 5.74) is 1.51. The summed E-state index contributed by atoms with van der Waals surface area (Å²) in [5.74, 6) is 2.73. The largest absolute Gasteiger partial charge is 0.387 e. The van der Waals surface area contributed by atoms with Crippen LogP contribution in [0.1, 0.15) is 42.9 Å². The fourth-order valence-electron chi connectivity index (χ4n) is 3.93. The minimum absolute atomic E-state index is 0.485. The Morgan fingerprint density at radius 1 is 1.25 bits per heavy atom. The van der Waals surface area contributed by atoms with Crippen LogP contribution < -0.4 is 5.32 Å². The van der Waals surface area contributed by atoms with Crippen molar-refractivity contribution in [3.8, 4) is 6.07 Å². The third-order valence-corrected chi connectivity index (χ3v) is 5.05. The average molecular weight is 270 g/mol. The van der Waals surface area contributed by atoms with Gasteiger partial charge in [-0.25, -0.2) is 0 Å². The first kappa shape index (κ1) is 13.6. The second-order valence-corrected chi connectivity index (χ2v) is 6.34. The van der Waals surface area contributed by atoms with Crippen LogP contribution in [0.5, 0.6) is 0 Å². The van der Waals surface area contributed by atoms with Crippen LogP contribution in [0.2, 0.25) is 0 Å². The number of fused-ring (bicyclic) bond motifs is 2. The summed E-state index contributed by atoms with van der Waals surface area (Å²) in [6, 6.07) is 9.28. The van der Waals surface area contributed by atoms with E-state index in [-0.39, 0.29) is 0 Å². The molecule has 2 saturated carbocycles. The van der Waals surface area contributed by atoms with Gasteiger partial charge >= 0.3 is 0 Å². The maximum absolute atomic E-state index is 10.1. The Bertz CT molecular complexity index is 491. The van der Waals surface area contributed by atoms with E-state index in [1.165, 1.54) is 25.7 Å². The van der Waals surface area contributed by atoms with Gasteiger partial charge in [-0.2, -0.15) is 5.26 Å². The van der Waals surface area contributed by atoms with Gasteiger partial charge in [0.2, 0.25) is 0 Å². The minimum Gasteiger partial charge on any atom is -0.387 e. The monoisotopic (exact) mass is 270 g/mol. The van der Waals surface area contributed by atoms with Gasteiger partial charge in [-0.1, -0.05) is 18.6 Å². The molecule has 2 aliphatic rings. The van der Waals surface area contributed by atoms with Gasteiger partial charge in [-0.15, -0.1) is 0 Å². The van der Waals surface area contributed by atoms with Gasteiger partial charge in [0.1, 0.15) is 0 Å². The second-order valence-electron chi connectivity index (χ2n) is 6.34. The Balaban J connectivity index is 1.44. The zero-order chi connectivity index (χ0) is 13.9. The van der Waals surface area contributed by atoms with Crippen LogP contribution >= 0.6 is 0 Å². The van der Waals surface area contributed by atoms with E-state index in [4.69, 9.17) is 5.26 Å². The lowest BCUT2D eigenvalue weighted by Crippen LogP contribution is -2.29. The molecule has 20 heavy (non-hydrogen) atoms. The zero-order valence-corrected chi connectivity index (χ0v) is 11.8. The third-order valence-electron chi connectivity index (χ3n) is 5.05. The molecule has 106 valence electrons. The first-order valence-corrected chi connectivity index (χ1v) is 7.65. The molecule has 3 heteroatoms. The van der Waals surface area contributed by atoms with Crippen molar-refractivity contribution in [1.29, 1.82) is 5.26 Å². The maximum Gasteiger partial charge on any atom is 0.0991 e. The summed E-state index contributed by atoms with van der Waals surface area (Å²) in [6.45, 7) is 1.63. The quantitative estimate of drug-likeness (QED) is 0.864. The van der Waals surface area contributed by atoms with Crippen LogP contribution in [0, 0.1) is 29.1 Å². The summed E-state index contributed by atoms with van der Waals surface area (Å²) in [5, 5.41) is 22.3. The highest BCUT2D eigenvalue weighted by Crippen LogP contribution is 2.47. The molecular weight excluding hydrogens is 248 g/mol. The fraction of sp³-hybridized carbons (Fsp3) is 0.588. The number of nitriles is 1. The summed E-state index contributed by atoms with van der Waals surface area (Å²) < 4.78 is 0. The summed E-state index contributed by atoms with van der Waals surface area (Å²) in [6.07, 6.45) is 5.18. The standard InChI is InChI=1S/C17H22N2O/c18-9-12-1-4-14(5-2-12)17(20)11-19-10-16-8-13-3-6-15(16)7-13/h1-2,4-5,13,15-17,19-20H,3,6-8,10-11H2. The number of hydrogen-bond donors (Lipinski definition) is 2. The van der Waals surface area contributed by atoms with Gasteiger partial charge in [0.05, 0.1) is 17.7 Å². The lowest BCUT2D eigenvalue weighted by Gasteiger charge is -2.22. The Hall–Kier alpha value is -1.37. The fourth-order valence-corrected chi connectivity index (χ4v) is 3.93. The Labute approximate surface area is 120 Å². The van der Waals surface area contributed by atoms with E-state index < -0.39 is 6.10 Å². The van der Waals surface area contributed by atoms with E-state index in [2.05, 4.69) is 11.4 Å². The maximum atomic E-state index is 10.1. The van der Waals surface area contributed by atoms with Crippen molar-refractivity contribution in [2.45, 2.75) is 31.8 Å². The third kappa shape index (κ3) is 2.87. The average Bonchev–Trinajstić information content (AvgIpc) is 3.10. The normalized spacial score (nSPS) is 29.3. The molecule has 0 heterocycles. The van der Waals surface area contributed by atoms with Gasteiger partial charge < -0.3 is 10.4 Å². The van der Waals surface area contributed by atoms with E-state index in [1.54, 1.807) is 12.1 Å². The molecule has 4 atom stereocenters. The topological polar surface area (TPSA) is 56.0 Å². The number of nitrogens with zero attached hydrogens (tertiary/aromatic N) is 1. The minimum atomic E-state index is -0.485.